The molecule has 7 heteroatoms. The smallest absolute Gasteiger partial charge is 0.191 e. The molecule has 0 aliphatic heterocycles. The standard InChI is InChI=1S/C14H13ClN4S2/c1-9-16-12(8-20-9)13-17-18-14(19(13)2)21-7-10-3-5-11(15)6-4-10/h3-6,8H,7H2,1-2H3. The van der Waals surface area contributed by atoms with Crippen molar-refractivity contribution >= 4 is 34.7 Å². The van der Waals surface area contributed by atoms with Crippen LogP contribution in [0.4, 0.5) is 0 Å². The molecule has 3 aromatic rings. The lowest BCUT2D eigenvalue weighted by Crippen LogP contribution is -1.95. The normalized spacial score (nSPS) is 11.0. The quantitative estimate of drug-likeness (QED) is 0.670. The number of thiazole rings is 1. The molecular formula is C14H13ClN4S2. The average molecular weight is 337 g/mol. The molecule has 0 amide bonds. The molecule has 0 radical (unpaired) electrons. The first-order valence-electron chi connectivity index (χ1n) is 6.32. The first-order chi connectivity index (χ1) is 10.1. The van der Waals surface area contributed by atoms with E-state index in [1.54, 1.807) is 23.1 Å². The molecule has 0 spiro atoms. The number of aryl methyl sites for hydroxylation is 1. The van der Waals surface area contributed by atoms with Crippen molar-refractivity contribution in [1.82, 2.24) is 19.7 Å². The van der Waals surface area contributed by atoms with E-state index in [4.69, 9.17) is 11.6 Å². The fourth-order valence-electron chi connectivity index (χ4n) is 1.86. The fourth-order valence-corrected chi connectivity index (χ4v) is 3.44. The number of benzene rings is 1. The van der Waals surface area contributed by atoms with Gasteiger partial charge < -0.3 is 4.57 Å². The summed E-state index contributed by atoms with van der Waals surface area (Å²) < 4.78 is 1.98. The molecule has 0 aliphatic carbocycles. The second-order valence-corrected chi connectivity index (χ2v) is 6.97. The number of hydrogen-bond donors (Lipinski definition) is 0. The number of halogens is 1. The second-order valence-electron chi connectivity index (χ2n) is 4.53. The first-order valence-corrected chi connectivity index (χ1v) is 8.57. The molecule has 21 heavy (non-hydrogen) atoms. The number of aromatic nitrogens is 4. The summed E-state index contributed by atoms with van der Waals surface area (Å²) in [6, 6.07) is 7.85. The predicted octanol–water partition coefficient (Wildman–Crippen LogP) is 4.19. The second kappa shape index (κ2) is 6.17. The van der Waals surface area contributed by atoms with Gasteiger partial charge in [-0.05, 0) is 24.6 Å². The van der Waals surface area contributed by atoms with Crippen molar-refractivity contribution in [2.45, 2.75) is 17.8 Å². The van der Waals surface area contributed by atoms with Crippen LogP contribution in [-0.4, -0.2) is 19.7 Å². The van der Waals surface area contributed by atoms with Gasteiger partial charge in [0.05, 0.1) is 5.01 Å². The van der Waals surface area contributed by atoms with Crippen LogP contribution in [0.5, 0.6) is 0 Å². The summed E-state index contributed by atoms with van der Waals surface area (Å²) in [4.78, 5) is 4.45. The number of nitrogens with zero attached hydrogens (tertiary/aromatic N) is 4. The van der Waals surface area contributed by atoms with Crippen molar-refractivity contribution in [2.24, 2.45) is 7.05 Å². The minimum absolute atomic E-state index is 0.753. The largest absolute Gasteiger partial charge is 0.304 e. The van der Waals surface area contributed by atoms with Gasteiger partial charge in [0.2, 0.25) is 0 Å². The molecule has 2 heterocycles. The molecule has 0 saturated carbocycles. The van der Waals surface area contributed by atoms with Crippen LogP contribution in [0.15, 0.2) is 34.8 Å². The van der Waals surface area contributed by atoms with Gasteiger partial charge in [-0.2, -0.15) is 0 Å². The van der Waals surface area contributed by atoms with Crippen LogP contribution in [-0.2, 0) is 12.8 Å². The average Bonchev–Trinajstić information content (AvgIpc) is 3.05. The Morgan fingerprint density at radius 3 is 2.67 bits per heavy atom. The lowest BCUT2D eigenvalue weighted by Gasteiger charge is -2.03. The molecule has 0 fully saturated rings. The van der Waals surface area contributed by atoms with Gasteiger partial charge in [-0.15, -0.1) is 21.5 Å². The highest BCUT2D eigenvalue weighted by Gasteiger charge is 2.13. The first kappa shape index (κ1) is 14.6. The molecule has 0 atom stereocenters. The van der Waals surface area contributed by atoms with Crippen LogP contribution < -0.4 is 0 Å². The van der Waals surface area contributed by atoms with Crippen molar-refractivity contribution in [3.05, 3.63) is 45.2 Å². The van der Waals surface area contributed by atoms with Gasteiger partial charge in [0, 0.05) is 23.2 Å². The number of hydrogen-bond acceptors (Lipinski definition) is 5. The Balaban J connectivity index is 1.75. The minimum atomic E-state index is 0.753. The Labute approximate surface area is 136 Å². The fraction of sp³-hybridized carbons (Fsp3) is 0.214. The zero-order valence-corrected chi connectivity index (χ0v) is 14.0. The minimum Gasteiger partial charge on any atom is -0.304 e. The third-order valence-electron chi connectivity index (χ3n) is 2.96. The van der Waals surface area contributed by atoms with E-state index < -0.39 is 0 Å². The lowest BCUT2D eigenvalue weighted by atomic mass is 10.2. The van der Waals surface area contributed by atoms with Crippen molar-refractivity contribution in [1.29, 1.82) is 0 Å². The zero-order chi connectivity index (χ0) is 14.8. The number of thioether (sulfide) groups is 1. The maximum absolute atomic E-state index is 5.89. The predicted molar refractivity (Wildman–Crippen MR) is 87.9 cm³/mol. The van der Waals surface area contributed by atoms with E-state index in [0.717, 1.165) is 32.5 Å². The summed E-state index contributed by atoms with van der Waals surface area (Å²) in [6.45, 7) is 1.99. The summed E-state index contributed by atoms with van der Waals surface area (Å²) in [5.74, 6) is 1.64. The van der Waals surface area contributed by atoms with E-state index in [9.17, 15) is 0 Å². The summed E-state index contributed by atoms with van der Waals surface area (Å²) in [7, 11) is 1.97. The zero-order valence-electron chi connectivity index (χ0n) is 11.6. The van der Waals surface area contributed by atoms with E-state index in [-0.39, 0.29) is 0 Å². The van der Waals surface area contributed by atoms with E-state index in [1.165, 1.54) is 5.56 Å². The third kappa shape index (κ3) is 3.28. The highest BCUT2D eigenvalue weighted by molar-refractivity contribution is 7.98. The van der Waals surface area contributed by atoms with Gasteiger partial charge in [0.15, 0.2) is 11.0 Å². The topological polar surface area (TPSA) is 43.6 Å². The van der Waals surface area contributed by atoms with Crippen LogP contribution in [0.1, 0.15) is 10.6 Å². The van der Waals surface area contributed by atoms with Crippen molar-refractivity contribution in [3.63, 3.8) is 0 Å². The highest BCUT2D eigenvalue weighted by atomic mass is 35.5. The van der Waals surface area contributed by atoms with Gasteiger partial charge in [-0.1, -0.05) is 35.5 Å². The molecular weight excluding hydrogens is 324 g/mol. The van der Waals surface area contributed by atoms with Gasteiger partial charge in [0.1, 0.15) is 5.69 Å². The summed E-state index contributed by atoms with van der Waals surface area (Å²) in [5, 5.41) is 13.2. The molecule has 108 valence electrons. The molecule has 0 unspecified atom stereocenters. The van der Waals surface area contributed by atoms with Crippen LogP contribution in [0.3, 0.4) is 0 Å². The SMILES string of the molecule is Cc1nc(-c2nnc(SCc3ccc(Cl)cc3)n2C)cs1. The molecule has 0 aliphatic rings. The Kier molecular flexibility index (Phi) is 4.28. The molecule has 1 aromatic carbocycles. The van der Waals surface area contributed by atoms with Crippen LogP contribution in [0, 0.1) is 6.92 Å². The van der Waals surface area contributed by atoms with Crippen LogP contribution in [0.25, 0.3) is 11.5 Å². The Hall–Kier alpha value is -1.37. The van der Waals surface area contributed by atoms with Crippen LogP contribution in [0.2, 0.25) is 5.02 Å². The Bertz CT molecular complexity index is 749. The van der Waals surface area contributed by atoms with Gasteiger partial charge in [-0.25, -0.2) is 4.98 Å². The molecule has 0 bridgehead atoms. The van der Waals surface area contributed by atoms with Crippen LogP contribution >= 0.6 is 34.7 Å². The summed E-state index contributed by atoms with van der Waals surface area (Å²) >= 11 is 9.16. The highest BCUT2D eigenvalue weighted by Crippen LogP contribution is 2.26. The van der Waals surface area contributed by atoms with E-state index in [1.807, 2.05) is 48.2 Å². The molecule has 2 aromatic heterocycles. The Morgan fingerprint density at radius 1 is 1.24 bits per heavy atom. The van der Waals surface area contributed by atoms with E-state index >= 15 is 0 Å². The molecule has 0 N–H and O–H groups in total. The summed E-state index contributed by atoms with van der Waals surface area (Å²) in [6.07, 6.45) is 0. The van der Waals surface area contributed by atoms with E-state index in [0.29, 0.717) is 0 Å². The van der Waals surface area contributed by atoms with Crippen molar-refractivity contribution in [2.75, 3.05) is 0 Å². The monoisotopic (exact) mass is 336 g/mol. The van der Waals surface area contributed by atoms with Gasteiger partial charge in [0.25, 0.3) is 0 Å². The van der Waals surface area contributed by atoms with Gasteiger partial charge >= 0.3 is 0 Å². The molecule has 4 nitrogen and oxygen atoms in total. The van der Waals surface area contributed by atoms with E-state index in [2.05, 4.69) is 15.2 Å². The lowest BCUT2D eigenvalue weighted by molar-refractivity contribution is 0.792. The van der Waals surface area contributed by atoms with Crippen molar-refractivity contribution in [3.8, 4) is 11.5 Å². The maximum Gasteiger partial charge on any atom is 0.191 e. The molecule has 3 rings (SSSR count). The summed E-state index contributed by atoms with van der Waals surface area (Å²) in [5.41, 5.74) is 2.09. The Morgan fingerprint density at radius 2 is 2.00 bits per heavy atom. The molecule has 0 saturated heterocycles. The van der Waals surface area contributed by atoms with Gasteiger partial charge in [-0.3, -0.25) is 0 Å². The van der Waals surface area contributed by atoms with Crippen molar-refractivity contribution < 1.29 is 0 Å². The number of rotatable bonds is 4. The maximum atomic E-state index is 5.89. The third-order valence-corrected chi connectivity index (χ3v) is 5.08.